The molecule has 0 saturated heterocycles. The highest BCUT2D eigenvalue weighted by Gasteiger charge is 2.17. The van der Waals surface area contributed by atoms with Gasteiger partial charge in [-0.2, -0.15) is 0 Å². The molecule has 2 amide bonds. The highest BCUT2D eigenvalue weighted by molar-refractivity contribution is 9.10. The van der Waals surface area contributed by atoms with Crippen LogP contribution >= 0.6 is 15.9 Å². The fourth-order valence-electron chi connectivity index (χ4n) is 3.64. The first-order valence-electron chi connectivity index (χ1n) is 11.0. The van der Waals surface area contributed by atoms with E-state index in [1.54, 1.807) is 48.5 Å². The predicted molar refractivity (Wildman–Crippen MR) is 135 cm³/mol. The number of amides is 2. The van der Waals surface area contributed by atoms with E-state index in [1.807, 2.05) is 24.3 Å². The summed E-state index contributed by atoms with van der Waals surface area (Å²) < 4.78 is 11.6. The highest BCUT2D eigenvalue weighted by atomic mass is 79.9. The van der Waals surface area contributed by atoms with Crippen molar-refractivity contribution in [2.45, 2.75) is 6.42 Å². The van der Waals surface area contributed by atoms with Crippen molar-refractivity contribution in [2.75, 3.05) is 13.3 Å². The maximum Gasteiger partial charge on any atom is 0.267 e. The second-order valence-corrected chi connectivity index (χ2v) is 8.75. The Morgan fingerprint density at radius 3 is 2.66 bits per heavy atom. The summed E-state index contributed by atoms with van der Waals surface area (Å²) in [4.78, 5) is 33.7. The maximum absolute atomic E-state index is 13.1. The molecule has 0 radical (unpaired) electrons. The molecule has 9 heteroatoms. The molecule has 2 heterocycles. The van der Waals surface area contributed by atoms with Gasteiger partial charge in [0.05, 0.1) is 11.0 Å². The van der Waals surface area contributed by atoms with Crippen molar-refractivity contribution < 1.29 is 19.1 Å². The Kier molecular flexibility index (Phi) is 6.49. The number of carbonyl (C=O) groups excluding carboxylic acids is 2. The van der Waals surface area contributed by atoms with E-state index in [0.717, 1.165) is 21.3 Å². The van der Waals surface area contributed by atoms with Gasteiger partial charge in [0.15, 0.2) is 11.5 Å². The molecule has 0 bridgehead atoms. The van der Waals surface area contributed by atoms with Crippen LogP contribution in [-0.2, 0) is 11.2 Å². The lowest BCUT2D eigenvalue weighted by atomic mass is 10.1. The molecule has 1 aromatic heterocycles. The van der Waals surface area contributed by atoms with Gasteiger partial charge in [-0.05, 0) is 60.2 Å². The van der Waals surface area contributed by atoms with E-state index in [1.165, 1.54) is 0 Å². The van der Waals surface area contributed by atoms with Crippen molar-refractivity contribution in [1.82, 2.24) is 20.6 Å². The molecule has 0 saturated carbocycles. The van der Waals surface area contributed by atoms with Crippen molar-refractivity contribution in [1.29, 1.82) is 0 Å². The summed E-state index contributed by atoms with van der Waals surface area (Å²) in [5.74, 6) is 1.19. The number of benzene rings is 3. The first kappa shape index (κ1) is 22.7. The summed E-state index contributed by atoms with van der Waals surface area (Å²) in [6, 6.07) is 20.0. The minimum absolute atomic E-state index is 0.112. The number of imidazole rings is 1. The molecule has 0 unspecified atom stereocenters. The smallest absolute Gasteiger partial charge is 0.267 e. The van der Waals surface area contributed by atoms with Crippen LogP contribution in [0.3, 0.4) is 0 Å². The van der Waals surface area contributed by atoms with Crippen LogP contribution in [-0.4, -0.2) is 35.1 Å². The van der Waals surface area contributed by atoms with Crippen molar-refractivity contribution in [3.05, 3.63) is 93.9 Å². The minimum atomic E-state index is -0.413. The molecule has 0 aliphatic carbocycles. The monoisotopic (exact) mass is 532 g/mol. The lowest BCUT2D eigenvalue weighted by Crippen LogP contribution is -2.35. The highest BCUT2D eigenvalue weighted by Crippen LogP contribution is 2.33. The number of nitrogens with zero attached hydrogens (tertiary/aromatic N) is 1. The third-order valence-corrected chi connectivity index (χ3v) is 5.92. The van der Waals surface area contributed by atoms with Gasteiger partial charge in [-0.3, -0.25) is 9.59 Å². The molecule has 0 atom stereocenters. The summed E-state index contributed by atoms with van der Waals surface area (Å²) >= 11 is 3.36. The van der Waals surface area contributed by atoms with E-state index in [4.69, 9.17) is 9.47 Å². The Labute approximate surface area is 209 Å². The molecular formula is C26H21BrN4O4. The van der Waals surface area contributed by atoms with Crippen LogP contribution in [0, 0.1) is 0 Å². The number of hydrogen-bond acceptors (Lipinski definition) is 5. The van der Waals surface area contributed by atoms with Crippen LogP contribution in [0.5, 0.6) is 11.5 Å². The van der Waals surface area contributed by atoms with E-state index in [2.05, 4.69) is 36.5 Å². The topological polar surface area (TPSA) is 105 Å². The van der Waals surface area contributed by atoms with E-state index in [-0.39, 0.29) is 12.5 Å². The van der Waals surface area contributed by atoms with Crippen molar-refractivity contribution in [2.24, 2.45) is 0 Å². The number of hydrogen-bond donors (Lipinski definition) is 3. The van der Waals surface area contributed by atoms with Crippen LogP contribution in [0.2, 0.25) is 0 Å². The van der Waals surface area contributed by atoms with Gasteiger partial charge < -0.3 is 25.1 Å². The first-order valence-corrected chi connectivity index (χ1v) is 11.7. The Balaban J connectivity index is 1.32. The molecule has 8 nitrogen and oxygen atoms in total. The fourth-order valence-corrected chi connectivity index (χ4v) is 3.90. The molecular weight excluding hydrogens is 512 g/mol. The van der Waals surface area contributed by atoms with Gasteiger partial charge in [-0.25, -0.2) is 4.98 Å². The van der Waals surface area contributed by atoms with Crippen molar-refractivity contribution >= 4 is 44.9 Å². The quantitative estimate of drug-likeness (QED) is 0.309. The van der Waals surface area contributed by atoms with Crippen LogP contribution in [0.25, 0.3) is 17.1 Å². The minimum Gasteiger partial charge on any atom is -0.454 e. The lowest BCUT2D eigenvalue weighted by molar-refractivity contribution is -0.117. The Morgan fingerprint density at radius 2 is 1.83 bits per heavy atom. The van der Waals surface area contributed by atoms with E-state index < -0.39 is 11.8 Å². The van der Waals surface area contributed by atoms with E-state index in [0.29, 0.717) is 35.6 Å². The Bertz CT molecular complexity index is 1400. The van der Waals surface area contributed by atoms with Crippen LogP contribution < -0.4 is 20.1 Å². The molecule has 3 aromatic carbocycles. The lowest BCUT2D eigenvalue weighted by Gasteiger charge is -2.11. The average Bonchev–Trinajstić information content (AvgIpc) is 3.50. The van der Waals surface area contributed by atoms with Gasteiger partial charge in [0.1, 0.15) is 11.5 Å². The molecule has 0 fully saturated rings. The number of aromatic nitrogens is 2. The molecule has 0 spiro atoms. The third-order valence-electron chi connectivity index (χ3n) is 5.39. The van der Waals surface area contributed by atoms with Crippen LogP contribution in [0.4, 0.5) is 0 Å². The van der Waals surface area contributed by atoms with E-state index in [9.17, 15) is 9.59 Å². The second-order valence-electron chi connectivity index (χ2n) is 7.84. The van der Waals surface area contributed by atoms with Gasteiger partial charge in [-0.1, -0.05) is 34.1 Å². The number of H-pyrrole nitrogens is 1. The largest absolute Gasteiger partial charge is 0.454 e. The summed E-state index contributed by atoms with van der Waals surface area (Å²) in [6.45, 7) is 0.489. The fraction of sp³-hybridized carbons (Fsp3) is 0.115. The number of carbonyl (C=O) groups is 2. The summed E-state index contributed by atoms with van der Waals surface area (Å²) in [7, 11) is 0. The third kappa shape index (κ3) is 5.36. The van der Waals surface area contributed by atoms with Crippen LogP contribution in [0.1, 0.15) is 21.7 Å². The molecule has 176 valence electrons. The molecule has 1 aliphatic rings. The number of ether oxygens (including phenoxy) is 2. The average molecular weight is 533 g/mol. The standard InChI is InChI=1S/C26H21BrN4O4/c27-18-8-6-17(7-9-18)25(32)31-21(13-16-5-10-22-23(14-16)35-15-34-22)26(33)28-12-11-24-29-19-3-1-2-4-20(19)30-24/h1-10,13-14H,11-12,15H2,(H,28,33)(H,29,30)(H,31,32)/b21-13-. The predicted octanol–water partition coefficient (Wildman–Crippen LogP) is 4.18. The zero-order valence-corrected chi connectivity index (χ0v) is 20.1. The van der Waals surface area contributed by atoms with Crippen molar-refractivity contribution in [3.63, 3.8) is 0 Å². The summed E-state index contributed by atoms with van der Waals surface area (Å²) in [5, 5.41) is 5.61. The van der Waals surface area contributed by atoms with Gasteiger partial charge in [0, 0.05) is 23.0 Å². The Morgan fingerprint density at radius 1 is 1.03 bits per heavy atom. The number of fused-ring (bicyclic) bond motifs is 2. The number of halogens is 1. The maximum atomic E-state index is 13.1. The van der Waals surface area contributed by atoms with E-state index >= 15 is 0 Å². The van der Waals surface area contributed by atoms with Gasteiger partial charge in [0.25, 0.3) is 11.8 Å². The number of aromatic amines is 1. The van der Waals surface area contributed by atoms with Gasteiger partial charge in [-0.15, -0.1) is 0 Å². The molecule has 4 aromatic rings. The molecule has 1 aliphatic heterocycles. The zero-order valence-electron chi connectivity index (χ0n) is 18.5. The Hall–Kier alpha value is -4.11. The molecule has 5 rings (SSSR count). The second kappa shape index (κ2) is 10.0. The molecule has 35 heavy (non-hydrogen) atoms. The number of nitrogens with one attached hydrogen (secondary N) is 3. The normalized spacial score (nSPS) is 12.5. The SMILES string of the molecule is O=C(NCCc1nc2ccccc2[nH]1)/C(=C/c1ccc2c(c1)OCO2)NC(=O)c1ccc(Br)cc1. The van der Waals surface area contributed by atoms with Crippen LogP contribution in [0.15, 0.2) is 76.9 Å². The zero-order chi connectivity index (χ0) is 24.2. The van der Waals surface area contributed by atoms with Crippen molar-refractivity contribution in [3.8, 4) is 11.5 Å². The first-order chi connectivity index (χ1) is 17.0. The summed E-state index contributed by atoms with van der Waals surface area (Å²) in [6.07, 6.45) is 2.12. The number of rotatable bonds is 7. The summed E-state index contributed by atoms with van der Waals surface area (Å²) in [5.41, 5.74) is 3.05. The van der Waals surface area contributed by atoms with Gasteiger partial charge in [0.2, 0.25) is 6.79 Å². The van der Waals surface area contributed by atoms with Gasteiger partial charge >= 0.3 is 0 Å². The molecule has 3 N–H and O–H groups in total. The number of para-hydroxylation sites is 2.